The summed E-state index contributed by atoms with van der Waals surface area (Å²) in [6.07, 6.45) is 3.72. The number of hydrogen-bond acceptors (Lipinski definition) is 2. The van der Waals surface area contributed by atoms with Gasteiger partial charge in [-0.1, -0.05) is 62.2 Å². The molecule has 0 unspecified atom stereocenters. The molecule has 112 valence electrons. The molecule has 0 atom stereocenters. The Hall–Kier alpha value is -1.96. The summed E-state index contributed by atoms with van der Waals surface area (Å²) >= 11 is 0. The van der Waals surface area contributed by atoms with Crippen LogP contribution in [-0.2, 0) is 6.54 Å². The standard InChI is InChI=1S/C19H25NO/c1-3-4-10-15-20(16-17-11-6-5-7-12-17)18-13-8-9-14-19(18)21-2/h5-9,11-14H,3-4,10,15-16H2,1-2H3. The molecule has 0 N–H and O–H groups in total. The lowest BCUT2D eigenvalue weighted by atomic mass is 10.1. The fraction of sp³-hybridized carbons (Fsp3) is 0.368. The average Bonchev–Trinajstić information content (AvgIpc) is 2.55. The zero-order valence-corrected chi connectivity index (χ0v) is 13.1. The summed E-state index contributed by atoms with van der Waals surface area (Å²) in [6, 6.07) is 18.9. The molecule has 0 aliphatic carbocycles. The van der Waals surface area contributed by atoms with Crippen molar-refractivity contribution in [1.82, 2.24) is 0 Å². The van der Waals surface area contributed by atoms with Crippen molar-refractivity contribution in [3.05, 3.63) is 60.2 Å². The van der Waals surface area contributed by atoms with Crippen molar-refractivity contribution in [1.29, 1.82) is 0 Å². The van der Waals surface area contributed by atoms with Gasteiger partial charge in [-0.3, -0.25) is 0 Å². The molecule has 0 fully saturated rings. The molecular weight excluding hydrogens is 258 g/mol. The van der Waals surface area contributed by atoms with E-state index in [1.165, 1.54) is 30.5 Å². The number of hydrogen-bond donors (Lipinski definition) is 0. The molecule has 2 heteroatoms. The number of rotatable bonds is 8. The van der Waals surface area contributed by atoms with E-state index in [0.29, 0.717) is 0 Å². The highest BCUT2D eigenvalue weighted by Crippen LogP contribution is 2.29. The van der Waals surface area contributed by atoms with E-state index in [1.807, 2.05) is 12.1 Å². The Morgan fingerprint density at radius 3 is 2.33 bits per heavy atom. The summed E-state index contributed by atoms with van der Waals surface area (Å²) < 4.78 is 5.53. The van der Waals surface area contributed by atoms with Crippen molar-refractivity contribution in [2.24, 2.45) is 0 Å². The molecule has 0 aliphatic heterocycles. The van der Waals surface area contributed by atoms with Gasteiger partial charge < -0.3 is 9.64 Å². The second-order valence-electron chi connectivity index (χ2n) is 5.29. The molecule has 2 rings (SSSR count). The van der Waals surface area contributed by atoms with Crippen LogP contribution >= 0.6 is 0 Å². The van der Waals surface area contributed by atoms with Crippen LogP contribution in [0.5, 0.6) is 5.75 Å². The van der Waals surface area contributed by atoms with Gasteiger partial charge in [0.2, 0.25) is 0 Å². The lowest BCUT2D eigenvalue weighted by Gasteiger charge is -2.26. The van der Waals surface area contributed by atoms with Crippen molar-refractivity contribution < 1.29 is 4.74 Å². The second-order valence-corrected chi connectivity index (χ2v) is 5.29. The summed E-state index contributed by atoms with van der Waals surface area (Å²) in [5.41, 5.74) is 2.51. The Morgan fingerprint density at radius 1 is 0.905 bits per heavy atom. The predicted molar refractivity (Wildman–Crippen MR) is 90.0 cm³/mol. The van der Waals surface area contributed by atoms with Crippen LogP contribution in [0.3, 0.4) is 0 Å². The third-order valence-electron chi connectivity index (χ3n) is 3.67. The minimum atomic E-state index is 0.922. The first-order valence-corrected chi connectivity index (χ1v) is 7.77. The van der Waals surface area contributed by atoms with Crippen molar-refractivity contribution in [2.45, 2.75) is 32.7 Å². The van der Waals surface area contributed by atoms with Crippen molar-refractivity contribution in [3.8, 4) is 5.75 Å². The van der Waals surface area contributed by atoms with Gasteiger partial charge in [0.05, 0.1) is 12.8 Å². The van der Waals surface area contributed by atoms with E-state index in [9.17, 15) is 0 Å². The van der Waals surface area contributed by atoms with E-state index in [4.69, 9.17) is 4.74 Å². The van der Waals surface area contributed by atoms with Gasteiger partial charge >= 0.3 is 0 Å². The topological polar surface area (TPSA) is 12.5 Å². The second kappa shape index (κ2) is 8.35. The molecule has 0 aliphatic rings. The first-order valence-electron chi connectivity index (χ1n) is 7.77. The van der Waals surface area contributed by atoms with Crippen molar-refractivity contribution in [3.63, 3.8) is 0 Å². The van der Waals surface area contributed by atoms with Gasteiger partial charge in [-0.25, -0.2) is 0 Å². The molecule has 0 amide bonds. The normalized spacial score (nSPS) is 10.4. The van der Waals surface area contributed by atoms with E-state index in [1.54, 1.807) is 7.11 Å². The maximum atomic E-state index is 5.53. The van der Waals surface area contributed by atoms with Crippen LogP contribution in [0.2, 0.25) is 0 Å². The molecule has 0 saturated heterocycles. The molecule has 0 aromatic heterocycles. The van der Waals surface area contributed by atoms with Gasteiger partial charge in [-0.15, -0.1) is 0 Å². The zero-order chi connectivity index (χ0) is 14.9. The van der Waals surface area contributed by atoms with E-state index in [0.717, 1.165) is 18.8 Å². The van der Waals surface area contributed by atoms with Gasteiger partial charge in [0.1, 0.15) is 5.75 Å². The summed E-state index contributed by atoms with van der Waals surface area (Å²) in [7, 11) is 1.74. The number of ether oxygens (including phenoxy) is 1. The first kappa shape index (κ1) is 15.4. The van der Waals surface area contributed by atoms with E-state index in [2.05, 4.69) is 54.3 Å². The lowest BCUT2D eigenvalue weighted by Crippen LogP contribution is -2.24. The molecule has 2 nitrogen and oxygen atoms in total. The fourth-order valence-corrected chi connectivity index (χ4v) is 2.53. The van der Waals surface area contributed by atoms with Crippen molar-refractivity contribution in [2.75, 3.05) is 18.6 Å². The average molecular weight is 283 g/mol. The zero-order valence-electron chi connectivity index (χ0n) is 13.1. The number of unbranched alkanes of at least 4 members (excludes halogenated alkanes) is 2. The van der Waals surface area contributed by atoms with Crippen LogP contribution in [-0.4, -0.2) is 13.7 Å². The largest absolute Gasteiger partial charge is 0.495 e. The Bertz CT molecular complexity index is 524. The predicted octanol–water partition coefficient (Wildman–Crippen LogP) is 4.89. The van der Waals surface area contributed by atoms with Crippen LogP contribution in [0.15, 0.2) is 54.6 Å². The summed E-state index contributed by atoms with van der Waals surface area (Å²) in [5.74, 6) is 0.949. The Morgan fingerprint density at radius 2 is 1.62 bits per heavy atom. The number of methoxy groups -OCH3 is 1. The van der Waals surface area contributed by atoms with Crippen LogP contribution < -0.4 is 9.64 Å². The van der Waals surface area contributed by atoms with Gasteiger partial charge in [0.25, 0.3) is 0 Å². The Kier molecular flexibility index (Phi) is 6.14. The molecule has 0 saturated carbocycles. The third-order valence-corrected chi connectivity index (χ3v) is 3.67. The number of nitrogens with zero attached hydrogens (tertiary/aromatic N) is 1. The molecule has 2 aromatic carbocycles. The van der Waals surface area contributed by atoms with Gasteiger partial charge in [0, 0.05) is 13.1 Å². The van der Waals surface area contributed by atoms with Gasteiger partial charge in [-0.05, 0) is 24.1 Å². The molecule has 0 bridgehead atoms. The van der Waals surface area contributed by atoms with Crippen molar-refractivity contribution >= 4 is 5.69 Å². The minimum Gasteiger partial charge on any atom is -0.495 e. The molecular formula is C19H25NO. The highest BCUT2D eigenvalue weighted by atomic mass is 16.5. The highest BCUT2D eigenvalue weighted by molar-refractivity contribution is 5.58. The number of benzene rings is 2. The van der Waals surface area contributed by atoms with Crippen LogP contribution in [0.25, 0.3) is 0 Å². The Labute approximate surface area is 128 Å². The van der Waals surface area contributed by atoms with E-state index in [-0.39, 0.29) is 0 Å². The van der Waals surface area contributed by atoms with Gasteiger partial charge in [-0.2, -0.15) is 0 Å². The third kappa shape index (κ3) is 4.52. The van der Waals surface area contributed by atoms with E-state index >= 15 is 0 Å². The number of para-hydroxylation sites is 2. The first-order chi connectivity index (χ1) is 10.3. The SMILES string of the molecule is CCCCCN(Cc1ccccc1)c1ccccc1OC. The minimum absolute atomic E-state index is 0.922. The lowest BCUT2D eigenvalue weighted by molar-refractivity contribution is 0.414. The summed E-state index contributed by atoms with van der Waals surface area (Å²) in [6.45, 7) is 4.22. The molecule has 0 heterocycles. The molecule has 21 heavy (non-hydrogen) atoms. The van der Waals surface area contributed by atoms with Crippen LogP contribution in [0.4, 0.5) is 5.69 Å². The van der Waals surface area contributed by atoms with Gasteiger partial charge in [0.15, 0.2) is 0 Å². The summed E-state index contributed by atoms with van der Waals surface area (Å²) in [4.78, 5) is 2.42. The molecule has 0 radical (unpaired) electrons. The monoisotopic (exact) mass is 283 g/mol. The van der Waals surface area contributed by atoms with Crippen LogP contribution in [0.1, 0.15) is 31.7 Å². The smallest absolute Gasteiger partial charge is 0.142 e. The Balaban J connectivity index is 2.18. The summed E-state index contributed by atoms with van der Waals surface area (Å²) in [5, 5.41) is 0. The highest BCUT2D eigenvalue weighted by Gasteiger charge is 2.11. The van der Waals surface area contributed by atoms with E-state index < -0.39 is 0 Å². The molecule has 2 aromatic rings. The van der Waals surface area contributed by atoms with Crippen LogP contribution in [0, 0.1) is 0 Å². The molecule has 0 spiro atoms. The number of anilines is 1. The maximum absolute atomic E-state index is 5.53. The fourth-order valence-electron chi connectivity index (χ4n) is 2.53. The quantitative estimate of drug-likeness (QED) is 0.639. The maximum Gasteiger partial charge on any atom is 0.142 e.